The van der Waals surface area contributed by atoms with Crippen LogP contribution in [0.1, 0.15) is 19.0 Å². The summed E-state index contributed by atoms with van der Waals surface area (Å²) < 4.78 is 2.54. The molecule has 6 nitrogen and oxygen atoms in total. The molecule has 0 aromatic carbocycles. The normalized spacial score (nSPS) is 12.7. The number of aromatic nitrogens is 2. The van der Waals surface area contributed by atoms with Crippen molar-refractivity contribution in [1.29, 1.82) is 0 Å². The van der Waals surface area contributed by atoms with E-state index in [1.807, 2.05) is 6.92 Å². The third-order valence-corrected chi connectivity index (χ3v) is 3.05. The Morgan fingerprint density at radius 1 is 1.33 bits per heavy atom. The topological polar surface area (TPSA) is 76.3 Å². The molecule has 0 aliphatic rings. The van der Waals surface area contributed by atoms with Gasteiger partial charge in [0.25, 0.3) is 5.56 Å². The van der Waals surface area contributed by atoms with Gasteiger partial charge in [0.2, 0.25) is 0 Å². The smallest absolute Gasteiger partial charge is 0.330 e. The fourth-order valence-electron chi connectivity index (χ4n) is 1.72. The summed E-state index contributed by atoms with van der Waals surface area (Å²) in [6.07, 6.45) is 0.739. The Bertz CT molecular complexity index is 504. The molecule has 6 heteroatoms. The molecule has 0 radical (unpaired) electrons. The van der Waals surface area contributed by atoms with Crippen molar-refractivity contribution in [1.82, 2.24) is 14.5 Å². The highest BCUT2D eigenvalue weighted by molar-refractivity contribution is 5.01. The van der Waals surface area contributed by atoms with Crippen LogP contribution in [0.4, 0.5) is 0 Å². The van der Waals surface area contributed by atoms with Gasteiger partial charge in [-0.05, 0) is 18.9 Å². The van der Waals surface area contributed by atoms with Crippen LogP contribution in [0, 0.1) is 5.92 Å². The van der Waals surface area contributed by atoms with Crippen molar-refractivity contribution in [3.63, 3.8) is 0 Å². The molecule has 0 bridgehead atoms. The third kappa shape index (κ3) is 3.54. The molecule has 0 aliphatic carbocycles. The van der Waals surface area contributed by atoms with Crippen LogP contribution in [-0.4, -0.2) is 27.4 Å². The van der Waals surface area contributed by atoms with Gasteiger partial charge in [-0.3, -0.25) is 13.9 Å². The van der Waals surface area contributed by atoms with Gasteiger partial charge in [-0.1, -0.05) is 6.92 Å². The number of hydrogen-bond acceptors (Lipinski definition) is 4. The van der Waals surface area contributed by atoms with Gasteiger partial charge in [0.1, 0.15) is 0 Å². The Morgan fingerprint density at radius 3 is 2.61 bits per heavy atom. The van der Waals surface area contributed by atoms with Crippen molar-refractivity contribution in [3.05, 3.63) is 32.6 Å². The molecular formula is C12H21N3O3. The minimum atomic E-state index is -0.317. The van der Waals surface area contributed by atoms with Gasteiger partial charge in [-0.25, -0.2) is 4.79 Å². The van der Waals surface area contributed by atoms with Gasteiger partial charge in [0.15, 0.2) is 0 Å². The maximum absolute atomic E-state index is 11.7. The zero-order chi connectivity index (χ0) is 13.7. The molecule has 0 saturated carbocycles. The van der Waals surface area contributed by atoms with E-state index in [-0.39, 0.29) is 17.9 Å². The molecule has 18 heavy (non-hydrogen) atoms. The van der Waals surface area contributed by atoms with Crippen LogP contribution in [0.5, 0.6) is 0 Å². The molecule has 0 aliphatic heterocycles. The summed E-state index contributed by atoms with van der Waals surface area (Å²) in [6, 6.07) is 1.46. The van der Waals surface area contributed by atoms with Gasteiger partial charge in [0.05, 0.1) is 0 Å². The quantitative estimate of drug-likeness (QED) is 0.697. The molecule has 1 aromatic heterocycles. The summed E-state index contributed by atoms with van der Waals surface area (Å²) in [4.78, 5) is 23.2. The fourth-order valence-corrected chi connectivity index (χ4v) is 1.72. The number of aliphatic hydroxyl groups is 1. The summed E-state index contributed by atoms with van der Waals surface area (Å²) in [5.74, 6) is 0.360. The SMILES string of the molecule is CC(CCO)CNCc1cc(=O)n(C)c(=O)n1C. The molecule has 1 heterocycles. The van der Waals surface area contributed by atoms with E-state index >= 15 is 0 Å². The first kappa shape index (κ1) is 14.7. The van der Waals surface area contributed by atoms with Crippen LogP contribution in [0.3, 0.4) is 0 Å². The zero-order valence-electron chi connectivity index (χ0n) is 11.1. The van der Waals surface area contributed by atoms with Gasteiger partial charge in [-0.15, -0.1) is 0 Å². The molecule has 0 saturated heterocycles. The lowest BCUT2D eigenvalue weighted by Crippen LogP contribution is -2.39. The molecular weight excluding hydrogens is 234 g/mol. The van der Waals surface area contributed by atoms with Crippen LogP contribution in [0.25, 0.3) is 0 Å². The monoisotopic (exact) mass is 255 g/mol. The van der Waals surface area contributed by atoms with Gasteiger partial charge < -0.3 is 10.4 Å². The molecule has 1 atom stereocenters. The van der Waals surface area contributed by atoms with Crippen molar-refractivity contribution >= 4 is 0 Å². The average Bonchev–Trinajstić information content (AvgIpc) is 2.33. The molecule has 0 spiro atoms. The highest BCUT2D eigenvalue weighted by Crippen LogP contribution is 1.99. The largest absolute Gasteiger partial charge is 0.396 e. The fraction of sp³-hybridized carbons (Fsp3) is 0.667. The Kier molecular flexibility index (Phi) is 5.30. The van der Waals surface area contributed by atoms with Gasteiger partial charge in [-0.2, -0.15) is 0 Å². The van der Waals surface area contributed by atoms with E-state index in [2.05, 4.69) is 5.32 Å². The van der Waals surface area contributed by atoms with E-state index in [0.29, 0.717) is 18.2 Å². The maximum atomic E-state index is 11.7. The van der Waals surface area contributed by atoms with E-state index < -0.39 is 0 Å². The van der Waals surface area contributed by atoms with Crippen LogP contribution in [0.15, 0.2) is 15.7 Å². The average molecular weight is 255 g/mol. The predicted molar refractivity (Wildman–Crippen MR) is 69.5 cm³/mol. The summed E-state index contributed by atoms with van der Waals surface area (Å²) in [7, 11) is 3.11. The van der Waals surface area contributed by atoms with E-state index in [4.69, 9.17) is 5.11 Å². The first-order valence-electron chi connectivity index (χ1n) is 6.05. The lowest BCUT2D eigenvalue weighted by molar-refractivity contribution is 0.260. The number of hydrogen-bond donors (Lipinski definition) is 2. The Hall–Kier alpha value is -1.40. The Morgan fingerprint density at radius 2 is 2.00 bits per heavy atom. The standard InChI is InChI=1S/C12H21N3O3/c1-9(4-5-16)7-13-8-10-6-11(17)15(3)12(18)14(10)2/h6,9,13,16H,4-5,7-8H2,1-3H3. The predicted octanol–water partition coefficient (Wildman–Crippen LogP) is -0.808. The first-order chi connectivity index (χ1) is 8.47. The number of nitrogens with zero attached hydrogens (tertiary/aromatic N) is 2. The van der Waals surface area contributed by atoms with E-state index in [0.717, 1.165) is 17.5 Å². The minimum Gasteiger partial charge on any atom is -0.396 e. The van der Waals surface area contributed by atoms with Gasteiger partial charge >= 0.3 is 5.69 Å². The van der Waals surface area contributed by atoms with Crippen LogP contribution in [-0.2, 0) is 20.6 Å². The summed E-state index contributed by atoms with van der Waals surface area (Å²) in [6.45, 7) is 3.42. The number of nitrogens with one attached hydrogen (secondary N) is 1. The second-order valence-corrected chi connectivity index (χ2v) is 4.62. The van der Waals surface area contributed by atoms with Gasteiger partial charge in [0, 0.05) is 39.0 Å². The Labute approximate surface area is 106 Å². The molecule has 2 N–H and O–H groups in total. The summed E-state index contributed by atoms with van der Waals surface area (Å²) >= 11 is 0. The van der Waals surface area contributed by atoms with Crippen molar-refractivity contribution in [2.75, 3.05) is 13.2 Å². The van der Waals surface area contributed by atoms with Crippen molar-refractivity contribution < 1.29 is 5.11 Å². The first-order valence-corrected chi connectivity index (χ1v) is 6.05. The lowest BCUT2D eigenvalue weighted by atomic mass is 10.1. The second-order valence-electron chi connectivity index (χ2n) is 4.62. The molecule has 0 amide bonds. The highest BCUT2D eigenvalue weighted by Gasteiger charge is 2.06. The zero-order valence-corrected chi connectivity index (χ0v) is 11.1. The number of aliphatic hydroxyl groups excluding tert-OH is 1. The van der Waals surface area contributed by atoms with Crippen LogP contribution in [0.2, 0.25) is 0 Å². The molecule has 1 aromatic rings. The van der Waals surface area contributed by atoms with E-state index in [9.17, 15) is 9.59 Å². The molecule has 0 fully saturated rings. The van der Waals surface area contributed by atoms with Crippen LogP contribution >= 0.6 is 0 Å². The maximum Gasteiger partial charge on any atom is 0.330 e. The molecule has 1 unspecified atom stereocenters. The van der Waals surface area contributed by atoms with Crippen LogP contribution < -0.4 is 16.6 Å². The molecule has 102 valence electrons. The lowest BCUT2D eigenvalue weighted by Gasteiger charge is -2.13. The number of rotatable bonds is 6. The van der Waals surface area contributed by atoms with Crippen molar-refractivity contribution in [2.24, 2.45) is 20.0 Å². The third-order valence-electron chi connectivity index (χ3n) is 3.05. The minimum absolute atomic E-state index is 0.174. The highest BCUT2D eigenvalue weighted by atomic mass is 16.3. The van der Waals surface area contributed by atoms with E-state index in [1.165, 1.54) is 17.7 Å². The van der Waals surface area contributed by atoms with Crippen molar-refractivity contribution in [3.8, 4) is 0 Å². The second kappa shape index (κ2) is 6.51. The summed E-state index contributed by atoms with van der Waals surface area (Å²) in [5.41, 5.74) is 0.0558. The van der Waals surface area contributed by atoms with Crippen molar-refractivity contribution in [2.45, 2.75) is 19.9 Å². The molecule has 1 rings (SSSR count). The summed E-state index contributed by atoms with van der Waals surface area (Å²) in [5, 5.41) is 12.0. The van der Waals surface area contributed by atoms with E-state index in [1.54, 1.807) is 7.05 Å². The Balaban J connectivity index is 2.69.